The minimum absolute atomic E-state index is 0.977. The van der Waals surface area contributed by atoms with E-state index >= 15 is 0 Å². The first kappa shape index (κ1) is 15.2. The van der Waals surface area contributed by atoms with E-state index in [1.807, 2.05) is 0 Å². The van der Waals surface area contributed by atoms with E-state index in [2.05, 4.69) is 105 Å². The molecule has 1 aromatic heterocycles. The Morgan fingerprint density at radius 3 is 2.37 bits per heavy atom. The zero-order valence-corrected chi connectivity index (χ0v) is 16.2. The molecule has 4 aromatic carbocycles. The number of fused-ring (bicyclic) bond motifs is 7. The van der Waals surface area contributed by atoms with E-state index in [0.29, 0.717) is 0 Å². The van der Waals surface area contributed by atoms with Crippen LogP contribution in [0.5, 0.6) is 0 Å². The smallest absolute Gasteiger partial charge is 0.0582 e. The minimum atomic E-state index is 0.977. The van der Waals surface area contributed by atoms with E-state index in [-0.39, 0.29) is 0 Å². The Balaban J connectivity index is 1.78. The van der Waals surface area contributed by atoms with Gasteiger partial charge in [-0.15, -0.1) is 0 Å². The van der Waals surface area contributed by atoms with Crippen molar-refractivity contribution < 1.29 is 0 Å². The molecule has 0 fully saturated rings. The van der Waals surface area contributed by atoms with Crippen molar-refractivity contribution in [2.75, 3.05) is 0 Å². The summed E-state index contributed by atoms with van der Waals surface area (Å²) in [4.78, 5) is 0. The number of benzene rings is 4. The Morgan fingerprint density at radius 1 is 0.704 bits per heavy atom. The fourth-order valence-corrected chi connectivity index (χ4v) is 4.97. The van der Waals surface area contributed by atoms with E-state index in [1.165, 1.54) is 49.7 Å². The van der Waals surface area contributed by atoms with Crippen molar-refractivity contribution in [2.24, 2.45) is 0 Å². The van der Waals surface area contributed by atoms with Crippen LogP contribution in [0.2, 0.25) is 0 Å². The van der Waals surface area contributed by atoms with Gasteiger partial charge in [0.05, 0.1) is 11.0 Å². The van der Waals surface area contributed by atoms with Crippen molar-refractivity contribution >= 4 is 37.7 Å². The molecule has 6 rings (SSSR count). The van der Waals surface area contributed by atoms with Gasteiger partial charge in [-0.25, -0.2) is 0 Å². The fourth-order valence-electron chi connectivity index (χ4n) is 4.56. The van der Waals surface area contributed by atoms with Crippen LogP contribution in [-0.4, -0.2) is 4.57 Å². The molecule has 27 heavy (non-hydrogen) atoms. The predicted octanol–water partition coefficient (Wildman–Crippen LogP) is 7.12. The quantitative estimate of drug-likeness (QED) is 0.272. The summed E-state index contributed by atoms with van der Waals surface area (Å²) >= 11 is 3.63. The van der Waals surface area contributed by atoms with Crippen molar-refractivity contribution in [3.63, 3.8) is 0 Å². The SMILES string of the molecule is Brc1ccc2c(c1)Cc1c-2ccc2c3ccccc3n(-c3ccccc3)c12. The van der Waals surface area contributed by atoms with Crippen molar-refractivity contribution in [2.45, 2.75) is 6.42 Å². The highest BCUT2D eigenvalue weighted by Gasteiger charge is 2.24. The highest BCUT2D eigenvalue weighted by atomic mass is 79.9. The Hall–Kier alpha value is -2.84. The van der Waals surface area contributed by atoms with Crippen LogP contribution in [0.3, 0.4) is 0 Å². The first-order valence-corrected chi connectivity index (χ1v) is 10.00. The monoisotopic (exact) mass is 409 g/mol. The van der Waals surface area contributed by atoms with Gasteiger partial charge in [-0.1, -0.05) is 70.5 Å². The largest absolute Gasteiger partial charge is 0.309 e. The lowest BCUT2D eigenvalue weighted by atomic mass is 10.0. The molecule has 0 bridgehead atoms. The molecule has 0 amide bonds. The summed E-state index contributed by atoms with van der Waals surface area (Å²) in [5.74, 6) is 0. The summed E-state index contributed by atoms with van der Waals surface area (Å²) in [6.07, 6.45) is 0.977. The average molecular weight is 410 g/mol. The van der Waals surface area contributed by atoms with Crippen LogP contribution in [0.1, 0.15) is 11.1 Å². The van der Waals surface area contributed by atoms with Gasteiger partial charge < -0.3 is 4.57 Å². The molecule has 0 aliphatic heterocycles. The molecule has 128 valence electrons. The van der Waals surface area contributed by atoms with Crippen LogP contribution in [0.4, 0.5) is 0 Å². The molecular weight excluding hydrogens is 394 g/mol. The molecule has 0 N–H and O–H groups in total. The highest BCUT2D eigenvalue weighted by molar-refractivity contribution is 9.10. The predicted molar refractivity (Wildman–Crippen MR) is 117 cm³/mol. The number of aromatic nitrogens is 1. The van der Waals surface area contributed by atoms with Crippen molar-refractivity contribution in [1.29, 1.82) is 0 Å². The molecule has 0 radical (unpaired) electrons. The average Bonchev–Trinajstić information content (AvgIpc) is 3.23. The van der Waals surface area contributed by atoms with Gasteiger partial charge in [0.25, 0.3) is 0 Å². The lowest BCUT2D eigenvalue weighted by Crippen LogP contribution is -1.96. The van der Waals surface area contributed by atoms with Crippen LogP contribution in [0.15, 0.2) is 89.4 Å². The van der Waals surface area contributed by atoms with Crippen LogP contribution >= 0.6 is 15.9 Å². The third-order valence-corrected chi connectivity index (χ3v) is 6.17. The molecule has 1 aliphatic rings. The lowest BCUT2D eigenvalue weighted by Gasteiger charge is -2.10. The van der Waals surface area contributed by atoms with E-state index in [4.69, 9.17) is 0 Å². The van der Waals surface area contributed by atoms with Crippen molar-refractivity contribution in [3.05, 3.63) is 101 Å². The molecule has 1 aliphatic carbocycles. The fraction of sp³-hybridized carbons (Fsp3) is 0.0400. The number of para-hydroxylation sites is 2. The third-order valence-electron chi connectivity index (χ3n) is 5.68. The van der Waals surface area contributed by atoms with E-state index in [0.717, 1.165) is 10.9 Å². The van der Waals surface area contributed by atoms with Crippen molar-refractivity contribution in [1.82, 2.24) is 4.57 Å². The second kappa shape index (κ2) is 5.58. The zero-order chi connectivity index (χ0) is 18.0. The Bertz CT molecular complexity index is 1350. The summed E-state index contributed by atoms with van der Waals surface area (Å²) in [6.45, 7) is 0. The topological polar surface area (TPSA) is 4.93 Å². The molecular formula is C25H16BrN. The van der Waals surface area contributed by atoms with Gasteiger partial charge in [0, 0.05) is 27.4 Å². The maximum absolute atomic E-state index is 3.63. The summed E-state index contributed by atoms with van der Waals surface area (Å²) < 4.78 is 3.58. The van der Waals surface area contributed by atoms with Gasteiger partial charge in [-0.05, 0) is 52.6 Å². The van der Waals surface area contributed by atoms with Crippen LogP contribution in [0, 0.1) is 0 Å². The molecule has 0 spiro atoms. The molecule has 0 atom stereocenters. The summed E-state index contributed by atoms with van der Waals surface area (Å²) in [6, 6.07) is 30.7. The second-order valence-corrected chi connectivity index (χ2v) is 8.07. The number of halogens is 1. The summed E-state index contributed by atoms with van der Waals surface area (Å²) in [5.41, 5.74) is 9.38. The standard InChI is InChI=1S/C25H16BrN/c26-17-10-11-19-16(14-17)15-23-20(19)12-13-22-21-8-4-5-9-24(21)27(25(22)23)18-6-2-1-3-7-18/h1-14H,15H2. The molecule has 1 nitrogen and oxygen atoms in total. The molecule has 1 heterocycles. The normalized spacial score (nSPS) is 12.5. The summed E-state index contributed by atoms with van der Waals surface area (Å²) in [5, 5.41) is 2.65. The van der Waals surface area contributed by atoms with E-state index < -0.39 is 0 Å². The van der Waals surface area contributed by atoms with E-state index in [9.17, 15) is 0 Å². The summed E-state index contributed by atoms with van der Waals surface area (Å²) in [7, 11) is 0. The maximum Gasteiger partial charge on any atom is 0.0582 e. The Morgan fingerprint density at radius 2 is 1.48 bits per heavy atom. The minimum Gasteiger partial charge on any atom is -0.309 e. The van der Waals surface area contributed by atoms with Gasteiger partial charge in [0.1, 0.15) is 0 Å². The van der Waals surface area contributed by atoms with Crippen LogP contribution in [0.25, 0.3) is 38.6 Å². The molecule has 0 unspecified atom stereocenters. The van der Waals surface area contributed by atoms with Gasteiger partial charge in [0.15, 0.2) is 0 Å². The molecule has 0 saturated carbocycles. The zero-order valence-electron chi connectivity index (χ0n) is 14.6. The van der Waals surface area contributed by atoms with Gasteiger partial charge >= 0.3 is 0 Å². The first-order chi connectivity index (χ1) is 13.3. The molecule has 5 aromatic rings. The number of nitrogens with zero attached hydrogens (tertiary/aromatic N) is 1. The first-order valence-electron chi connectivity index (χ1n) is 9.20. The van der Waals surface area contributed by atoms with Crippen LogP contribution < -0.4 is 0 Å². The van der Waals surface area contributed by atoms with Crippen LogP contribution in [-0.2, 0) is 6.42 Å². The van der Waals surface area contributed by atoms with Gasteiger partial charge in [-0.2, -0.15) is 0 Å². The molecule has 2 heteroatoms. The molecule has 0 saturated heterocycles. The Labute approximate surface area is 166 Å². The second-order valence-electron chi connectivity index (χ2n) is 7.15. The van der Waals surface area contributed by atoms with Crippen molar-refractivity contribution in [3.8, 4) is 16.8 Å². The number of hydrogen-bond donors (Lipinski definition) is 0. The maximum atomic E-state index is 3.63. The Kier molecular flexibility index (Phi) is 3.15. The highest BCUT2D eigenvalue weighted by Crippen LogP contribution is 2.44. The number of hydrogen-bond acceptors (Lipinski definition) is 0. The third kappa shape index (κ3) is 2.11. The number of rotatable bonds is 1. The van der Waals surface area contributed by atoms with E-state index in [1.54, 1.807) is 0 Å². The van der Waals surface area contributed by atoms with Gasteiger partial charge in [0.2, 0.25) is 0 Å². The lowest BCUT2D eigenvalue weighted by molar-refractivity contribution is 1.15. The van der Waals surface area contributed by atoms with Gasteiger partial charge in [-0.3, -0.25) is 0 Å².